The first-order chi connectivity index (χ1) is 8.06. The molecule has 1 unspecified atom stereocenters. The zero-order valence-electron chi connectivity index (χ0n) is 10.0. The SMILES string of the molecule is CCCC(CN)(CO)Cc1ccc(Cl)c(F)c1. The van der Waals surface area contributed by atoms with E-state index in [0.717, 1.165) is 18.4 Å². The molecule has 96 valence electrons. The number of halogens is 2. The third-order valence-corrected chi connectivity index (χ3v) is 3.42. The van der Waals surface area contributed by atoms with Gasteiger partial charge in [-0.25, -0.2) is 4.39 Å². The Morgan fingerprint density at radius 2 is 2.18 bits per heavy atom. The van der Waals surface area contributed by atoms with Crippen LogP contribution in [0.1, 0.15) is 25.3 Å². The number of rotatable bonds is 6. The Labute approximate surface area is 107 Å². The highest BCUT2D eigenvalue weighted by molar-refractivity contribution is 6.30. The lowest BCUT2D eigenvalue weighted by molar-refractivity contribution is 0.121. The highest BCUT2D eigenvalue weighted by atomic mass is 35.5. The lowest BCUT2D eigenvalue weighted by Crippen LogP contribution is -2.36. The van der Waals surface area contributed by atoms with Gasteiger partial charge in [0, 0.05) is 12.0 Å². The van der Waals surface area contributed by atoms with Crippen LogP contribution in [-0.2, 0) is 6.42 Å². The molecular weight excluding hydrogens is 241 g/mol. The maximum absolute atomic E-state index is 13.3. The number of benzene rings is 1. The fourth-order valence-corrected chi connectivity index (χ4v) is 2.19. The van der Waals surface area contributed by atoms with Gasteiger partial charge in [0.1, 0.15) is 5.82 Å². The standard InChI is InChI=1S/C13H19ClFNO/c1-2-5-13(8-16,9-17)7-10-3-4-11(14)12(15)6-10/h3-4,6,17H,2,5,7-9,16H2,1H3. The Hall–Kier alpha value is -0.640. The molecule has 0 amide bonds. The van der Waals surface area contributed by atoms with E-state index in [0.29, 0.717) is 13.0 Å². The molecule has 3 N–H and O–H groups in total. The molecule has 17 heavy (non-hydrogen) atoms. The molecule has 0 aliphatic rings. The fourth-order valence-electron chi connectivity index (χ4n) is 2.08. The summed E-state index contributed by atoms with van der Waals surface area (Å²) in [5, 5.41) is 9.61. The molecule has 0 spiro atoms. The molecule has 0 saturated carbocycles. The van der Waals surface area contributed by atoms with Crippen LogP contribution >= 0.6 is 11.6 Å². The van der Waals surface area contributed by atoms with Crippen molar-refractivity contribution in [1.29, 1.82) is 0 Å². The van der Waals surface area contributed by atoms with Crippen molar-refractivity contribution >= 4 is 11.6 Å². The Balaban J connectivity index is 2.89. The zero-order valence-corrected chi connectivity index (χ0v) is 10.8. The molecule has 0 saturated heterocycles. The van der Waals surface area contributed by atoms with Crippen molar-refractivity contribution in [1.82, 2.24) is 0 Å². The normalized spacial score (nSPS) is 14.6. The van der Waals surface area contributed by atoms with Gasteiger partial charge in [-0.05, 0) is 30.5 Å². The predicted octanol–water partition coefficient (Wildman–Crippen LogP) is 2.76. The van der Waals surface area contributed by atoms with Crippen molar-refractivity contribution in [2.75, 3.05) is 13.2 Å². The van der Waals surface area contributed by atoms with Crippen LogP contribution in [0.4, 0.5) is 4.39 Å². The first-order valence-electron chi connectivity index (χ1n) is 5.82. The molecule has 4 heteroatoms. The molecule has 1 aromatic carbocycles. The van der Waals surface area contributed by atoms with Crippen molar-refractivity contribution in [3.8, 4) is 0 Å². The van der Waals surface area contributed by atoms with E-state index >= 15 is 0 Å². The Bertz CT molecular complexity index is 366. The fraction of sp³-hybridized carbons (Fsp3) is 0.538. The second-order valence-electron chi connectivity index (χ2n) is 4.54. The van der Waals surface area contributed by atoms with Crippen LogP contribution < -0.4 is 5.73 Å². The van der Waals surface area contributed by atoms with Crippen LogP contribution in [0.15, 0.2) is 18.2 Å². The number of hydrogen-bond donors (Lipinski definition) is 2. The van der Waals surface area contributed by atoms with Gasteiger partial charge < -0.3 is 10.8 Å². The monoisotopic (exact) mass is 259 g/mol. The molecule has 0 bridgehead atoms. The third-order valence-electron chi connectivity index (χ3n) is 3.11. The Morgan fingerprint density at radius 3 is 2.65 bits per heavy atom. The topological polar surface area (TPSA) is 46.2 Å². The minimum absolute atomic E-state index is 0.0155. The highest BCUT2D eigenvalue weighted by Crippen LogP contribution is 2.28. The van der Waals surface area contributed by atoms with Gasteiger partial charge in [0.05, 0.1) is 11.6 Å². The summed E-state index contributed by atoms with van der Waals surface area (Å²) in [5.41, 5.74) is 6.21. The van der Waals surface area contributed by atoms with Crippen molar-refractivity contribution < 1.29 is 9.50 Å². The molecule has 0 radical (unpaired) electrons. The Kier molecular flexibility index (Phi) is 5.37. The van der Waals surface area contributed by atoms with Gasteiger partial charge in [-0.15, -0.1) is 0 Å². The predicted molar refractivity (Wildman–Crippen MR) is 68.6 cm³/mol. The summed E-state index contributed by atoms with van der Waals surface area (Å²) in [6, 6.07) is 4.73. The van der Waals surface area contributed by atoms with E-state index in [9.17, 15) is 9.50 Å². The summed E-state index contributed by atoms with van der Waals surface area (Å²) in [4.78, 5) is 0. The molecule has 0 aliphatic carbocycles. The van der Waals surface area contributed by atoms with Crippen molar-refractivity contribution in [3.63, 3.8) is 0 Å². The average Bonchev–Trinajstić information content (AvgIpc) is 2.33. The van der Waals surface area contributed by atoms with Gasteiger partial charge in [-0.2, -0.15) is 0 Å². The molecule has 1 atom stereocenters. The van der Waals surface area contributed by atoms with Crippen LogP contribution in [0.3, 0.4) is 0 Å². The van der Waals surface area contributed by atoms with E-state index in [1.165, 1.54) is 12.1 Å². The van der Waals surface area contributed by atoms with Gasteiger partial charge in [-0.3, -0.25) is 0 Å². The van der Waals surface area contributed by atoms with E-state index in [1.807, 2.05) is 6.92 Å². The molecule has 1 rings (SSSR count). The first kappa shape index (κ1) is 14.4. The van der Waals surface area contributed by atoms with Gasteiger partial charge in [0.15, 0.2) is 0 Å². The van der Waals surface area contributed by atoms with Crippen LogP contribution in [0, 0.1) is 11.2 Å². The highest BCUT2D eigenvalue weighted by Gasteiger charge is 2.27. The van der Waals surface area contributed by atoms with E-state index in [1.54, 1.807) is 6.07 Å². The van der Waals surface area contributed by atoms with Crippen LogP contribution in [0.2, 0.25) is 5.02 Å². The molecule has 0 heterocycles. The van der Waals surface area contributed by atoms with Gasteiger partial charge in [-0.1, -0.05) is 31.0 Å². The lowest BCUT2D eigenvalue weighted by atomic mass is 9.78. The quantitative estimate of drug-likeness (QED) is 0.825. The number of aliphatic hydroxyl groups is 1. The summed E-state index contributed by atoms with van der Waals surface area (Å²) < 4.78 is 13.3. The molecular formula is C13H19ClFNO. The van der Waals surface area contributed by atoms with Gasteiger partial charge in [0.25, 0.3) is 0 Å². The van der Waals surface area contributed by atoms with E-state index < -0.39 is 5.82 Å². The van der Waals surface area contributed by atoms with Crippen molar-refractivity contribution in [3.05, 3.63) is 34.6 Å². The second kappa shape index (κ2) is 6.34. The Morgan fingerprint density at radius 1 is 1.47 bits per heavy atom. The summed E-state index contributed by atoms with van der Waals surface area (Å²) in [6.45, 7) is 2.45. The zero-order chi connectivity index (χ0) is 12.9. The van der Waals surface area contributed by atoms with E-state index in [2.05, 4.69) is 0 Å². The van der Waals surface area contributed by atoms with E-state index in [4.69, 9.17) is 17.3 Å². The largest absolute Gasteiger partial charge is 0.396 e. The molecule has 0 fully saturated rings. The lowest BCUT2D eigenvalue weighted by Gasteiger charge is -2.30. The van der Waals surface area contributed by atoms with Crippen molar-refractivity contribution in [2.45, 2.75) is 26.2 Å². The van der Waals surface area contributed by atoms with Crippen LogP contribution in [0.5, 0.6) is 0 Å². The number of hydrogen-bond acceptors (Lipinski definition) is 2. The average molecular weight is 260 g/mol. The second-order valence-corrected chi connectivity index (χ2v) is 4.94. The van der Waals surface area contributed by atoms with Crippen molar-refractivity contribution in [2.24, 2.45) is 11.1 Å². The van der Waals surface area contributed by atoms with E-state index in [-0.39, 0.29) is 17.0 Å². The van der Waals surface area contributed by atoms with Crippen LogP contribution in [0.25, 0.3) is 0 Å². The smallest absolute Gasteiger partial charge is 0.142 e. The number of nitrogens with two attached hydrogens (primary N) is 1. The number of aliphatic hydroxyl groups excluding tert-OH is 1. The maximum atomic E-state index is 13.3. The molecule has 2 nitrogen and oxygen atoms in total. The summed E-state index contributed by atoms with van der Waals surface area (Å²) in [5.74, 6) is -0.426. The maximum Gasteiger partial charge on any atom is 0.142 e. The van der Waals surface area contributed by atoms with Gasteiger partial charge in [0.2, 0.25) is 0 Å². The summed E-state index contributed by atoms with van der Waals surface area (Å²) in [7, 11) is 0. The summed E-state index contributed by atoms with van der Waals surface area (Å²) >= 11 is 5.63. The molecule has 0 aromatic heterocycles. The third kappa shape index (κ3) is 3.66. The molecule has 1 aromatic rings. The summed E-state index contributed by atoms with van der Waals surface area (Å²) in [6.07, 6.45) is 2.33. The molecule has 0 aliphatic heterocycles. The first-order valence-corrected chi connectivity index (χ1v) is 6.19. The van der Waals surface area contributed by atoms with Gasteiger partial charge >= 0.3 is 0 Å². The minimum atomic E-state index is -0.426. The van der Waals surface area contributed by atoms with Crippen LogP contribution in [-0.4, -0.2) is 18.3 Å². The minimum Gasteiger partial charge on any atom is -0.396 e.